The minimum absolute atomic E-state index is 0.0209. The summed E-state index contributed by atoms with van der Waals surface area (Å²) in [6.45, 7) is 0.904. The molecule has 3 aromatic carbocycles. The lowest BCUT2D eigenvalue weighted by molar-refractivity contribution is -0.126. The van der Waals surface area contributed by atoms with Crippen molar-refractivity contribution in [2.75, 3.05) is 13.1 Å². The molecule has 164 valence electrons. The normalized spacial score (nSPS) is 18.2. The summed E-state index contributed by atoms with van der Waals surface area (Å²) in [5, 5.41) is 2.87. The summed E-state index contributed by atoms with van der Waals surface area (Å²) < 4.78 is 27.1. The number of carbonyl (C=O) groups excluding carboxylic acids is 2. The van der Waals surface area contributed by atoms with Crippen molar-refractivity contribution in [3.8, 4) is 0 Å². The van der Waals surface area contributed by atoms with Crippen molar-refractivity contribution in [2.45, 2.75) is 18.9 Å². The van der Waals surface area contributed by atoms with Crippen LogP contribution in [0.3, 0.4) is 0 Å². The molecule has 0 saturated carbocycles. The van der Waals surface area contributed by atoms with E-state index in [2.05, 4.69) is 5.32 Å². The molecule has 0 aromatic heterocycles. The van der Waals surface area contributed by atoms with E-state index >= 15 is 0 Å². The number of hydrogen-bond donors (Lipinski definition) is 1. The summed E-state index contributed by atoms with van der Waals surface area (Å²) in [6.07, 6.45) is 0.589. The first-order valence-corrected chi connectivity index (χ1v) is 10.6. The van der Waals surface area contributed by atoms with E-state index in [1.807, 2.05) is 30.3 Å². The van der Waals surface area contributed by atoms with Gasteiger partial charge in [0.2, 0.25) is 5.91 Å². The zero-order valence-corrected chi connectivity index (χ0v) is 17.5. The Bertz CT molecular complexity index is 1100. The van der Waals surface area contributed by atoms with E-state index in [1.54, 1.807) is 23.1 Å². The lowest BCUT2D eigenvalue weighted by Gasteiger charge is -2.37. The number of amides is 2. The number of carbonyl (C=O) groups is 2. The van der Waals surface area contributed by atoms with Crippen LogP contribution in [0.15, 0.2) is 78.9 Å². The smallest absolute Gasteiger partial charge is 0.253 e. The van der Waals surface area contributed by atoms with Crippen LogP contribution in [0.4, 0.5) is 8.78 Å². The average Bonchev–Trinajstić information content (AvgIpc) is 2.82. The van der Waals surface area contributed by atoms with Gasteiger partial charge < -0.3 is 10.2 Å². The van der Waals surface area contributed by atoms with Crippen molar-refractivity contribution in [2.24, 2.45) is 5.92 Å². The first kappa shape index (κ1) is 21.7. The van der Waals surface area contributed by atoms with E-state index in [1.165, 1.54) is 30.3 Å². The fraction of sp³-hybridized carbons (Fsp3) is 0.231. The number of hydrogen-bond acceptors (Lipinski definition) is 2. The van der Waals surface area contributed by atoms with Crippen molar-refractivity contribution >= 4 is 11.8 Å². The quantitative estimate of drug-likeness (QED) is 0.642. The summed E-state index contributed by atoms with van der Waals surface area (Å²) in [5.74, 6) is -1.77. The Kier molecular flexibility index (Phi) is 6.59. The molecule has 0 aliphatic carbocycles. The van der Waals surface area contributed by atoms with Gasteiger partial charge in [0.25, 0.3) is 5.91 Å². The van der Waals surface area contributed by atoms with E-state index in [4.69, 9.17) is 0 Å². The van der Waals surface area contributed by atoms with E-state index in [0.717, 1.165) is 5.56 Å². The summed E-state index contributed by atoms with van der Waals surface area (Å²) in [6, 6.07) is 21.4. The van der Waals surface area contributed by atoms with Gasteiger partial charge in [-0.15, -0.1) is 0 Å². The van der Waals surface area contributed by atoms with Crippen molar-refractivity contribution in [1.29, 1.82) is 0 Å². The first-order valence-electron chi connectivity index (χ1n) is 10.6. The molecule has 0 unspecified atom stereocenters. The standard InChI is InChI=1S/C26H24F2N2O2/c27-23-10-4-6-18(12-23)15-29-25(31)22-13-21(19-7-2-1-3-8-19)16-30(17-22)26(32)20-9-5-11-24(28)14-20/h1-12,14,21-22H,13,15-17H2,(H,29,31)/t21-,22+/m0/s1. The third kappa shape index (κ3) is 5.19. The molecule has 1 N–H and O–H groups in total. The van der Waals surface area contributed by atoms with Crippen LogP contribution in [-0.4, -0.2) is 29.8 Å². The fourth-order valence-electron chi connectivity index (χ4n) is 4.21. The van der Waals surface area contributed by atoms with E-state index in [-0.39, 0.29) is 42.2 Å². The van der Waals surface area contributed by atoms with Crippen LogP contribution >= 0.6 is 0 Å². The third-order valence-corrected chi connectivity index (χ3v) is 5.81. The van der Waals surface area contributed by atoms with Crippen molar-refractivity contribution in [3.63, 3.8) is 0 Å². The second kappa shape index (κ2) is 9.73. The molecular weight excluding hydrogens is 410 g/mol. The van der Waals surface area contributed by atoms with Gasteiger partial charge in [0.15, 0.2) is 0 Å². The monoisotopic (exact) mass is 434 g/mol. The maximum absolute atomic E-state index is 13.7. The summed E-state index contributed by atoms with van der Waals surface area (Å²) in [7, 11) is 0. The Hall–Kier alpha value is -3.54. The second-order valence-corrected chi connectivity index (χ2v) is 8.11. The van der Waals surface area contributed by atoms with Crippen molar-refractivity contribution < 1.29 is 18.4 Å². The molecule has 2 atom stereocenters. The lowest BCUT2D eigenvalue weighted by atomic mass is 9.83. The zero-order chi connectivity index (χ0) is 22.5. The minimum atomic E-state index is -0.475. The van der Waals surface area contributed by atoms with Crippen LogP contribution in [0.25, 0.3) is 0 Å². The molecule has 1 fully saturated rings. The maximum Gasteiger partial charge on any atom is 0.253 e. The van der Waals surface area contributed by atoms with Gasteiger partial charge in [-0.3, -0.25) is 9.59 Å². The van der Waals surface area contributed by atoms with Crippen LogP contribution in [-0.2, 0) is 11.3 Å². The Labute approximate surface area is 185 Å². The first-order chi connectivity index (χ1) is 15.5. The van der Waals surface area contributed by atoms with Crippen molar-refractivity contribution in [1.82, 2.24) is 10.2 Å². The number of rotatable bonds is 5. The van der Waals surface area contributed by atoms with Gasteiger partial charge in [0, 0.05) is 31.1 Å². The minimum Gasteiger partial charge on any atom is -0.352 e. The highest BCUT2D eigenvalue weighted by Gasteiger charge is 2.34. The molecule has 2 amide bonds. The highest BCUT2D eigenvalue weighted by Crippen LogP contribution is 2.31. The molecule has 0 radical (unpaired) electrons. The van der Waals surface area contributed by atoms with Gasteiger partial charge in [0.1, 0.15) is 11.6 Å². The molecule has 1 aliphatic heterocycles. The molecule has 4 rings (SSSR count). The van der Waals surface area contributed by atoms with Gasteiger partial charge >= 0.3 is 0 Å². The van der Waals surface area contributed by atoms with Gasteiger partial charge in [-0.2, -0.15) is 0 Å². The molecule has 3 aromatic rings. The zero-order valence-electron chi connectivity index (χ0n) is 17.5. The molecule has 6 heteroatoms. The highest BCUT2D eigenvalue weighted by atomic mass is 19.1. The van der Waals surface area contributed by atoms with Crippen LogP contribution < -0.4 is 5.32 Å². The van der Waals surface area contributed by atoms with Crippen LogP contribution in [0.2, 0.25) is 0 Å². The Balaban J connectivity index is 1.52. The molecule has 0 bridgehead atoms. The molecular formula is C26H24F2N2O2. The predicted molar refractivity (Wildman–Crippen MR) is 118 cm³/mol. The summed E-state index contributed by atoms with van der Waals surface area (Å²) in [4.78, 5) is 27.7. The molecule has 32 heavy (non-hydrogen) atoms. The molecule has 1 heterocycles. The SMILES string of the molecule is O=C(NCc1cccc(F)c1)[C@@H]1C[C@H](c2ccccc2)CN(C(=O)c2cccc(F)c2)C1. The number of benzene rings is 3. The molecule has 1 saturated heterocycles. The highest BCUT2D eigenvalue weighted by molar-refractivity contribution is 5.94. The van der Waals surface area contributed by atoms with E-state index in [9.17, 15) is 18.4 Å². The molecule has 0 spiro atoms. The van der Waals surface area contributed by atoms with Crippen LogP contribution in [0.1, 0.15) is 33.8 Å². The number of nitrogens with zero attached hydrogens (tertiary/aromatic N) is 1. The van der Waals surface area contributed by atoms with Gasteiger partial charge in [0.05, 0.1) is 5.92 Å². The Morgan fingerprint density at radius 1 is 0.875 bits per heavy atom. The number of halogens is 2. The maximum atomic E-state index is 13.7. The van der Waals surface area contributed by atoms with E-state index in [0.29, 0.717) is 18.5 Å². The van der Waals surface area contributed by atoms with Gasteiger partial charge in [-0.1, -0.05) is 48.5 Å². The van der Waals surface area contributed by atoms with Crippen LogP contribution in [0.5, 0.6) is 0 Å². The average molecular weight is 434 g/mol. The van der Waals surface area contributed by atoms with Gasteiger partial charge in [-0.05, 0) is 47.9 Å². The number of piperidine rings is 1. The number of nitrogens with one attached hydrogen (secondary N) is 1. The van der Waals surface area contributed by atoms with Crippen LogP contribution in [0, 0.1) is 17.6 Å². The summed E-state index contributed by atoms with van der Waals surface area (Å²) in [5.41, 5.74) is 1.98. The molecule has 4 nitrogen and oxygen atoms in total. The Morgan fingerprint density at radius 3 is 2.31 bits per heavy atom. The van der Waals surface area contributed by atoms with Crippen molar-refractivity contribution in [3.05, 3.63) is 107 Å². The predicted octanol–water partition coefficient (Wildman–Crippen LogP) is 4.53. The molecule has 1 aliphatic rings. The summed E-state index contributed by atoms with van der Waals surface area (Å²) >= 11 is 0. The van der Waals surface area contributed by atoms with Gasteiger partial charge in [-0.25, -0.2) is 8.78 Å². The number of likely N-dealkylation sites (tertiary alicyclic amines) is 1. The second-order valence-electron chi connectivity index (χ2n) is 8.11. The lowest BCUT2D eigenvalue weighted by Crippen LogP contribution is -2.48. The largest absolute Gasteiger partial charge is 0.352 e. The topological polar surface area (TPSA) is 49.4 Å². The Morgan fingerprint density at radius 2 is 1.59 bits per heavy atom. The van der Waals surface area contributed by atoms with E-state index < -0.39 is 11.7 Å². The third-order valence-electron chi connectivity index (χ3n) is 5.81. The fourth-order valence-corrected chi connectivity index (χ4v) is 4.21.